The van der Waals surface area contributed by atoms with Crippen LogP contribution in [0.1, 0.15) is 19.4 Å². The van der Waals surface area contributed by atoms with Crippen LogP contribution in [0.15, 0.2) is 40.5 Å². The van der Waals surface area contributed by atoms with Gasteiger partial charge in [-0.25, -0.2) is 0 Å². The Labute approximate surface area is 79.0 Å². The third kappa shape index (κ3) is 4.21. The van der Waals surface area contributed by atoms with E-state index in [-0.39, 0.29) is 0 Å². The Hall–Kier alpha value is -1.44. The van der Waals surface area contributed by atoms with Crippen LogP contribution in [0, 0.1) is 5.92 Å². The molecule has 2 nitrogen and oxygen atoms in total. The van der Waals surface area contributed by atoms with Crippen LogP contribution in [0.25, 0.3) is 0 Å². The molecular weight excluding hydrogens is 160 g/mol. The molecule has 0 atom stereocenters. The zero-order valence-electron chi connectivity index (χ0n) is 8.01. The fraction of sp³-hybridized carbons (Fsp3) is 0.273. The molecule has 1 aromatic carbocycles. The average Bonchev–Trinajstić information content (AvgIpc) is 2.14. The maximum absolute atomic E-state index is 3.93. The van der Waals surface area contributed by atoms with E-state index < -0.39 is 0 Å². The summed E-state index contributed by atoms with van der Waals surface area (Å²) in [7, 11) is 0. The minimum atomic E-state index is 0.452. The zero-order chi connectivity index (χ0) is 9.52. The first-order valence-electron chi connectivity index (χ1n) is 4.40. The molecule has 0 unspecified atom stereocenters. The van der Waals surface area contributed by atoms with Crippen molar-refractivity contribution in [2.75, 3.05) is 0 Å². The molecule has 0 N–H and O–H groups in total. The van der Waals surface area contributed by atoms with Crippen LogP contribution in [0.2, 0.25) is 0 Å². The van der Waals surface area contributed by atoms with Gasteiger partial charge in [-0.15, -0.1) is 0 Å². The lowest BCUT2D eigenvalue weighted by atomic mass is 10.2. The van der Waals surface area contributed by atoms with Gasteiger partial charge in [0, 0.05) is 6.21 Å². The van der Waals surface area contributed by atoms with Crippen LogP contribution < -0.4 is 0 Å². The summed E-state index contributed by atoms with van der Waals surface area (Å²) in [4.78, 5) is 0. The third-order valence-electron chi connectivity index (χ3n) is 1.44. The van der Waals surface area contributed by atoms with E-state index in [1.165, 1.54) is 0 Å². The van der Waals surface area contributed by atoms with Crippen LogP contribution >= 0.6 is 0 Å². The van der Waals surface area contributed by atoms with Gasteiger partial charge in [0.2, 0.25) is 0 Å². The molecule has 0 spiro atoms. The maximum atomic E-state index is 3.93. The molecule has 13 heavy (non-hydrogen) atoms. The maximum Gasteiger partial charge on any atom is 0.0567 e. The van der Waals surface area contributed by atoms with E-state index in [1.807, 2.05) is 36.5 Å². The van der Waals surface area contributed by atoms with Crippen LogP contribution in [0.4, 0.5) is 0 Å². The normalized spacial score (nSPS) is 11.9. The smallest absolute Gasteiger partial charge is 0.0567 e. The van der Waals surface area contributed by atoms with Gasteiger partial charge < -0.3 is 0 Å². The monoisotopic (exact) mass is 174 g/mol. The minimum absolute atomic E-state index is 0.452. The molecule has 0 bridgehead atoms. The summed E-state index contributed by atoms with van der Waals surface area (Å²) in [5.41, 5.74) is 1.07. The summed E-state index contributed by atoms with van der Waals surface area (Å²) >= 11 is 0. The summed E-state index contributed by atoms with van der Waals surface area (Å²) in [5.74, 6) is 0.452. The summed E-state index contributed by atoms with van der Waals surface area (Å²) in [6.45, 7) is 4.14. The first kappa shape index (κ1) is 9.65. The van der Waals surface area contributed by atoms with Gasteiger partial charge in [-0.3, -0.25) is 0 Å². The lowest BCUT2D eigenvalue weighted by molar-refractivity contribution is 0.900. The lowest BCUT2D eigenvalue weighted by Gasteiger charge is -1.89. The van der Waals surface area contributed by atoms with Crippen LogP contribution in [-0.4, -0.2) is 12.4 Å². The van der Waals surface area contributed by atoms with E-state index in [9.17, 15) is 0 Å². The first-order chi connectivity index (χ1) is 6.29. The molecule has 0 aliphatic carbocycles. The molecule has 2 heteroatoms. The molecular formula is C11H14N2. The van der Waals surface area contributed by atoms with Gasteiger partial charge in [-0.05, 0) is 11.5 Å². The van der Waals surface area contributed by atoms with Gasteiger partial charge in [0.25, 0.3) is 0 Å². The fourth-order valence-electron chi connectivity index (χ4n) is 0.811. The summed E-state index contributed by atoms with van der Waals surface area (Å²) in [5, 5.41) is 7.84. The minimum Gasteiger partial charge on any atom is -0.163 e. The van der Waals surface area contributed by atoms with Crippen molar-refractivity contribution in [1.29, 1.82) is 0 Å². The predicted molar refractivity (Wildman–Crippen MR) is 57.4 cm³/mol. The van der Waals surface area contributed by atoms with Gasteiger partial charge in [0.15, 0.2) is 0 Å². The predicted octanol–water partition coefficient (Wildman–Crippen LogP) is 2.75. The van der Waals surface area contributed by atoms with Crippen molar-refractivity contribution in [3.63, 3.8) is 0 Å². The molecule has 0 aliphatic rings. The highest BCUT2D eigenvalue weighted by atomic mass is 15.2. The molecule has 68 valence electrons. The van der Waals surface area contributed by atoms with Crippen LogP contribution in [0.5, 0.6) is 0 Å². The van der Waals surface area contributed by atoms with Gasteiger partial charge >= 0.3 is 0 Å². The number of benzene rings is 1. The van der Waals surface area contributed by atoms with Crippen LogP contribution in [0.3, 0.4) is 0 Å². The summed E-state index contributed by atoms with van der Waals surface area (Å²) in [6.07, 6.45) is 3.57. The molecule has 0 fully saturated rings. The largest absolute Gasteiger partial charge is 0.163 e. The highest BCUT2D eigenvalue weighted by molar-refractivity contribution is 5.79. The summed E-state index contributed by atoms with van der Waals surface area (Å²) in [6, 6.07) is 9.93. The van der Waals surface area contributed by atoms with Crippen molar-refractivity contribution < 1.29 is 0 Å². The Morgan fingerprint density at radius 2 is 1.77 bits per heavy atom. The van der Waals surface area contributed by atoms with E-state index in [0.29, 0.717) is 5.92 Å². The van der Waals surface area contributed by atoms with Gasteiger partial charge in [-0.2, -0.15) is 10.2 Å². The van der Waals surface area contributed by atoms with E-state index in [0.717, 1.165) is 5.56 Å². The third-order valence-corrected chi connectivity index (χ3v) is 1.44. The van der Waals surface area contributed by atoms with E-state index in [1.54, 1.807) is 6.21 Å². The quantitative estimate of drug-likeness (QED) is 0.497. The van der Waals surface area contributed by atoms with E-state index >= 15 is 0 Å². The number of hydrogen-bond donors (Lipinski definition) is 0. The fourth-order valence-corrected chi connectivity index (χ4v) is 0.811. The lowest BCUT2D eigenvalue weighted by Crippen LogP contribution is -1.85. The van der Waals surface area contributed by atoms with Crippen molar-refractivity contribution in [3.8, 4) is 0 Å². The molecule has 0 heterocycles. The summed E-state index contributed by atoms with van der Waals surface area (Å²) < 4.78 is 0. The molecule has 0 saturated heterocycles. The Balaban J connectivity index is 2.50. The van der Waals surface area contributed by atoms with E-state index in [2.05, 4.69) is 24.1 Å². The second-order valence-corrected chi connectivity index (χ2v) is 3.16. The zero-order valence-corrected chi connectivity index (χ0v) is 8.01. The van der Waals surface area contributed by atoms with Crippen LogP contribution in [-0.2, 0) is 0 Å². The highest BCUT2D eigenvalue weighted by Crippen LogP contribution is 1.94. The molecule has 0 aliphatic heterocycles. The van der Waals surface area contributed by atoms with Crippen molar-refractivity contribution in [2.24, 2.45) is 16.1 Å². The van der Waals surface area contributed by atoms with Gasteiger partial charge in [0.1, 0.15) is 0 Å². The second kappa shape index (κ2) is 5.25. The SMILES string of the molecule is CC(C)/C=N/N=C/c1ccccc1. The first-order valence-corrected chi connectivity index (χ1v) is 4.40. The standard InChI is InChI=1S/C11H14N2/c1-10(2)8-12-13-9-11-6-4-3-5-7-11/h3-10H,1-2H3/b12-8+,13-9+. The van der Waals surface area contributed by atoms with Crippen molar-refractivity contribution >= 4 is 12.4 Å². The highest BCUT2D eigenvalue weighted by Gasteiger charge is 1.83. The van der Waals surface area contributed by atoms with Crippen molar-refractivity contribution in [3.05, 3.63) is 35.9 Å². The molecule has 0 saturated carbocycles. The topological polar surface area (TPSA) is 24.7 Å². The number of hydrogen-bond acceptors (Lipinski definition) is 2. The van der Waals surface area contributed by atoms with Crippen molar-refractivity contribution in [1.82, 2.24) is 0 Å². The molecule has 0 amide bonds. The molecule has 0 aromatic heterocycles. The van der Waals surface area contributed by atoms with E-state index in [4.69, 9.17) is 0 Å². The Morgan fingerprint density at radius 1 is 1.08 bits per heavy atom. The van der Waals surface area contributed by atoms with Gasteiger partial charge in [0.05, 0.1) is 6.21 Å². The Kier molecular flexibility index (Phi) is 3.89. The molecule has 1 aromatic rings. The van der Waals surface area contributed by atoms with Gasteiger partial charge in [-0.1, -0.05) is 44.2 Å². The van der Waals surface area contributed by atoms with Crippen molar-refractivity contribution in [2.45, 2.75) is 13.8 Å². The Bertz CT molecular complexity index is 286. The molecule has 1 rings (SSSR count). The second-order valence-electron chi connectivity index (χ2n) is 3.16. The average molecular weight is 174 g/mol. The molecule has 0 radical (unpaired) electrons. The Morgan fingerprint density at radius 3 is 2.38 bits per heavy atom. The number of rotatable bonds is 3. The number of nitrogens with zero attached hydrogens (tertiary/aromatic N) is 2.